The van der Waals surface area contributed by atoms with Gasteiger partial charge in [0.2, 0.25) is 0 Å². The number of carbonyl (C=O) groups is 1. The first kappa shape index (κ1) is 18.7. The molecule has 2 aromatic rings. The SMILES string of the molecule is Cc1cccc(C(C)C)c1NC(=O)C[NH+](C)[C@@H]1CCCc2ccccc21. The average Bonchev–Trinajstić information content (AvgIpc) is 2.62. The number of benzene rings is 2. The van der Waals surface area contributed by atoms with Crippen LogP contribution in [0.4, 0.5) is 5.69 Å². The summed E-state index contributed by atoms with van der Waals surface area (Å²) in [4.78, 5) is 14.0. The second-order valence-electron chi connectivity index (χ2n) is 7.91. The predicted molar refractivity (Wildman–Crippen MR) is 108 cm³/mol. The van der Waals surface area contributed by atoms with Gasteiger partial charge in [-0.3, -0.25) is 4.79 Å². The fourth-order valence-corrected chi connectivity index (χ4v) is 4.17. The van der Waals surface area contributed by atoms with Crippen molar-refractivity contribution in [2.75, 3.05) is 18.9 Å². The summed E-state index contributed by atoms with van der Waals surface area (Å²) in [6, 6.07) is 15.4. The average molecular weight is 352 g/mol. The van der Waals surface area contributed by atoms with Crippen LogP contribution < -0.4 is 10.2 Å². The standard InChI is InChI=1S/C23H30N2O/c1-16(2)19-13-7-9-17(3)23(19)24-22(26)15-25(4)21-14-8-11-18-10-5-6-12-20(18)21/h5-7,9-10,12-13,16,21H,8,11,14-15H2,1-4H3,(H,24,26)/p+1/t21-/m1/s1. The molecule has 2 aromatic carbocycles. The van der Waals surface area contributed by atoms with Crippen LogP contribution in [0.25, 0.3) is 0 Å². The highest BCUT2D eigenvalue weighted by atomic mass is 16.2. The topological polar surface area (TPSA) is 33.5 Å². The minimum absolute atomic E-state index is 0.0988. The molecule has 138 valence electrons. The van der Waals surface area contributed by atoms with Crippen molar-refractivity contribution in [1.82, 2.24) is 0 Å². The highest BCUT2D eigenvalue weighted by Crippen LogP contribution is 2.28. The van der Waals surface area contributed by atoms with Gasteiger partial charge < -0.3 is 10.2 Å². The lowest BCUT2D eigenvalue weighted by Crippen LogP contribution is -3.10. The molecule has 0 saturated carbocycles. The second kappa shape index (κ2) is 8.05. The molecule has 1 amide bonds. The molecule has 0 spiro atoms. The van der Waals surface area contributed by atoms with E-state index in [1.165, 1.54) is 28.0 Å². The monoisotopic (exact) mass is 351 g/mol. The molecule has 2 N–H and O–H groups in total. The molecule has 0 heterocycles. The minimum Gasteiger partial charge on any atom is -0.323 e. The van der Waals surface area contributed by atoms with Gasteiger partial charge in [0.1, 0.15) is 6.04 Å². The number of carbonyl (C=O) groups excluding carboxylic acids is 1. The minimum atomic E-state index is 0.0988. The van der Waals surface area contributed by atoms with Gasteiger partial charge in [-0.25, -0.2) is 0 Å². The molecule has 0 radical (unpaired) electrons. The Balaban J connectivity index is 1.72. The van der Waals surface area contributed by atoms with Gasteiger partial charge >= 0.3 is 0 Å². The van der Waals surface area contributed by atoms with E-state index in [4.69, 9.17) is 0 Å². The third-order valence-electron chi connectivity index (χ3n) is 5.60. The van der Waals surface area contributed by atoms with Crippen molar-refractivity contribution in [1.29, 1.82) is 0 Å². The van der Waals surface area contributed by atoms with Gasteiger partial charge in [-0.1, -0.05) is 56.3 Å². The summed E-state index contributed by atoms with van der Waals surface area (Å²) in [7, 11) is 2.15. The molecule has 0 fully saturated rings. The van der Waals surface area contributed by atoms with Gasteiger partial charge in [0.15, 0.2) is 6.54 Å². The third kappa shape index (κ3) is 3.99. The van der Waals surface area contributed by atoms with Gasteiger partial charge in [0.25, 0.3) is 5.91 Å². The number of hydrogen-bond donors (Lipinski definition) is 2. The zero-order chi connectivity index (χ0) is 18.7. The van der Waals surface area contributed by atoms with Crippen LogP contribution in [-0.4, -0.2) is 19.5 Å². The molecule has 0 bridgehead atoms. The Hall–Kier alpha value is -2.13. The van der Waals surface area contributed by atoms with Crippen LogP contribution >= 0.6 is 0 Å². The molecule has 1 unspecified atom stereocenters. The van der Waals surface area contributed by atoms with Crippen LogP contribution in [0.2, 0.25) is 0 Å². The Bertz CT molecular complexity index is 782. The van der Waals surface area contributed by atoms with Crippen LogP contribution in [0, 0.1) is 6.92 Å². The van der Waals surface area contributed by atoms with E-state index in [1.807, 2.05) is 0 Å². The largest absolute Gasteiger partial charge is 0.323 e. The number of hydrogen-bond acceptors (Lipinski definition) is 1. The van der Waals surface area contributed by atoms with Crippen molar-refractivity contribution in [2.45, 2.75) is 52.0 Å². The maximum absolute atomic E-state index is 12.8. The van der Waals surface area contributed by atoms with E-state index in [0.29, 0.717) is 18.5 Å². The number of quaternary nitrogens is 1. The summed E-state index contributed by atoms with van der Waals surface area (Å²) < 4.78 is 0. The molecule has 2 atom stereocenters. The van der Waals surface area contributed by atoms with Gasteiger partial charge in [-0.05, 0) is 42.4 Å². The number of likely N-dealkylation sites (N-methyl/N-ethyl adjacent to an activating group) is 1. The number of fused-ring (bicyclic) bond motifs is 1. The Labute approximate surface area is 157 Å². The van der Waals surface area contributed by atoms with Crippen molar-refractivity contribution in [2.24, 2.45) is 0 Å². The molecular formula is C23H31N2O+. The van der Waals surface area contributed by atoms with Gasteiger partial charge in [0.05, 0.1) is 7.05 Å². The number of para-hydroxylation sites is 1. The van der Waals surface area contributed by atoms with E-state index in [2.05, 4.69) is 75.6 Å². The fourth-order valence-electron chi connectivity index (χ4n) is 4.17. The van der Waals surface area contributed by atoms with Gasteiger partial charge in [0, 0.05) is 17.7 Å². The number of rotatable bonds is 5. The van der Waals surface area contributed by atoms with Crippen LogP contribution in [-0.2, 0) is 11.2 Å². The normalized spacial score (nSPS) is 17.7. The third-order valence-corrected chi connectivity index (χ3v) is 5.60. The molecule has 0 aliphatic heterocycles. The summed E-state index contributed by atoms with van der Waals surface area (Å²) in [5.74, 6) is 0.488. The van der Waals surface area contributed by atoms with Crippen LogP contribution in [0.1, 0.15) is 60.9 Å². The maximum atomic E-state index is 12.8. The predicted octanol–water partition coefficient (Wildman–Crippen LogP) is 3.65. The van der Waals surface area contributed by atoms with Crippen LogP contribution in [0.15, 0.2) is 42.5 Å². The molecule has 3 rings (SSSR count). The molecule has 0 saturated heterocycles. The van der Waals surface area contributed by atoms with Crippen molar-refractivity contribution in [3.63, 3.8) is 0 Å². The highest BCUT2D eigenvalue weighted by Gasteiger charge is 2.28. The first-order valence-electron chi connectivity index (χ1n) is 9.77. The summed E-state index contributed by atoms with van der Waals surface area (Å²) in [5, 5.41) is 3.19. The Morgan fingerprint density at radius 3 is 2.73 bits per heavy atom. The highest BCUT2D eigenvalue weighted by molar-refractivity contribution is 5.93. The van der Waals surface area contributed by atoms with E-state index in [0.717, 1.165) is 24.1 Å². The lowest BCUT2D eigenvalue weighted by molar-refractivity contribution is -0.905. The molecule has 0 aromatic heterocycles. The molecule has 3 heteroatoms. The smallest absolute Gasteiger partial charge is 0.279 e. The first-order valence-corrected chi connectivity index (χ1v) is 9.77. The summed E-state index contributed by atoms with van der Waals surface area (Å²) in [6.07, 6.45) is 3.51. The maximum Gasteiger partial charge on any atom is 0.279 e. The number of aryl methyl sites for hydroxylation is 2. The summed E-state index contributed by atoms with van der Waals surface area (Å²) in [5.41, 5.74) is 6.20. The van der Waals surface area contributed by atoms with Crippen LogP contribution in [0.5, 0.6) is 0 Å². The Morgan fingerprint density at radius 2 is 1.96 bits per heavy atom. The molecule has 1 aliphatic carbocycles. The van der Waals surface area contributed by atoms with Crippen molar-refractivity contribution in [3.05, 3.63) is 64.7 Å². The number of amides is 1. The van der Waals surface area contributed by atoms with E-state index < -0.39 is 0 Å². The molecule has 3 nitrogen and oxygen atoms in total. The summed E-state index contributed by atoms with van der Waals surface area (Å²) >= 11 is 0. The molecule has 1 aliphatic rings. The second-order valence-corrected chi connectivity index (χ2v) is 7.91. The lowest BCUT2D eigenvalue weighted by Gasteiger charge is -2.30. The quantitative estimate of drug-likeness (QED) is 0.847. The van der Waals surface area contributed by atoms with E-state index in [9.17, 15) is 4.79 Å². The van der Waals surface area contributed by atoms with E-state index >= 15 is 0 Å². The molecular weight excluding hydrogens is 320 g/mol. The zero-order valence-corrected chi connectivity index (χ0v) is 16.4. The van der Waals surface area contributed by atoms with Crippen molar-refractivity contribution >= 4 is 11.6 Å². The van der Waals surface area contributed by atoms with Gasteiger partial charge in [-0.2, -0.15) is 0 Å². The van der Waals surface area contributed by atoms with E-state index in [1.54, 1.807) is 0 Å². The van der Waals surface area contributed by atoms with Crippen molar-refractivity contribution in [3.8, 4) is 0 Å². The van der Waals surface area contributed by atoms with Crippen LogP contribution in [0.3, 0.4) is 0 Å². The number of anilines is 1. The Morgan fingerprint density at radius 1 is 1.19 bits per heavy atom. The Kier molecular flexibility index (Phi) is 5.77. The lowest BCUT2D eigenvalue weighted by atomic mass is 9.87. The number of nitrogens with one attached hydrogen (secondary N) is 2. The van der Waals surface area contributed by atoms with E-state index in [-0.39, 0.29) is 5.91 Å². The fraction of sp³-hybridized carbons (Fsp3) is 0.435. The summed E-state index contributed by atoms with van der Waals surface area (Å²) in [6.45, 7) is 6.89. The zero-order valence-electron chi connectivity index (χ0n) is 16.4. The first-order chi connectivity index (χ1) is 12.5. The molecule has 26 heavy (non-hydrogen) atoms. The van der Waals surface area contributed by atoms with Crippen molar-refractivity contribution < 1.29 is 9.69 Å². The van der Waals surface area contributed by atoms with Gasteiger partial charge in [-0.15, -0.1) is 0 Å².